The monoisotopic (exact) mass is 351 g/mol. The number of rotatable bonds is 5. The second kappa shape index (κ2) is 6.60. The summed E-state index contributed by atoms with van der Waals surface area (Å²) in [7, 11) is -4.02. The molecule has 24 heavy (non-hydrogen) atoms. The Labute approximate surface area is 140 Å². The van der Waals surface area contributed by atoms with Gasteiger partial charge in [-0.3, -0.25) is 4.72 Å². The van der Waals surface area contributed by atoms with E-state index in [1.165, 1.54) is 24.3 Å². The molecule has 7 heteroatoms. The van der Waals surface area contributed by atoms with Crippen molar-refractivity contribution < 1.29 is 22.7 Å². The quantitative estimate of drug-likeness (QED) is 0.859. The van der Waals surface area contributed by atoms with Gasteiger partial charge in [-0.15, -0.1) is 0 Å². The Kier molecular flexibility index (Phi) is 4.94. The van der Waals surface area contributed by atoms with Crippen LogP contribution in [0.15, 0.2) is 41.3 Å². The normalized spacial score (nSPS) is 11.5. The Morgan fingerprint density at radius 3 is 2.38 bits per heavy atom. The molecule has 0 bridgehead atoms. The van der Waals surface area contributed by atoms with Crippen LogP contribution in [0.1, 0.15) is 41.3 Å². The maximum atomic E-state index is 13.2. The lowest BCUT2D eigenvalue weighted by Gasteiger charge is -2.16. The van der Waals surface area contributed by atoms with Crippen molar-refractivity contribution in [2.45, 2.75) is 31.6 Å². The Morgan fingerprint density at radius 2 is 1.83 bits per heavy atom. The summed E-state index contributed by atoms with van der Waals surface area (Å²) in [4.78, 5) is 11.1. The number of carboxylic acids is 1. The topological polar surface area (TPSA) is 83.5 Å². The number of nitrogens with one attached hydrogen (secondary N) is 1. The van der Waals surface area contributed by atoms with Gasteiger partial charge in [0.05, 0.1) is 16.1 Å². The van der Waals surface area contributed by atoms with Gasteiger partial charge in [-0.2, -0.15) is 0 Å². The Balaban J connectivity index is 2.55. The van der Waals surface area contributed by atoms with E-state index in [2.05, 4.69) is 4.72 Å². The fourth-order valence-electron chi connectivity index (χ4n) is 2.32. The molecular formula is C17H18FNO4S. The molecule has 2 N–H and O–H groups in total. The van der Waals surface area contributed by atoms with Crippen LogP contribution >= 0.6 is 0 Å². The summed E-state index contributed by atoms with van der Waals surface area (Å²) in [6.45, 7) is 5.22. The summed E-state index contributed by atoms with van der Waals surface area (Å²) >= 11 is 0. The molecule has 0 heterocycles. The number of carbonyl (C=O) groups is 1. The molecule has 0 radical (unpaired) electrons. The largest absolute Gasteiger partial charge is 0.478 e. The molecule has 0 atom stereocenters. The van der Waals surface area contributed by atoms with E-state index in [1.54, 1.807) is 6.92 Å². The van der Waals surface area contributed by atoms with Crippen molar-refractivity contribution >= 4 is 21.7 Å². The minimum Gasteiger partial charge on any atom is -0.478 e. The maximum absolute atomic E-state index is 13.2. The van der Waals surface area contributed by atoms with E-state index in [1.807, 2.05) is 13.8 Å². The summed E-state index contributed by atoms with van der Waals surface area (Å²) < 4.78 is 41.1. The highest BCUT2D eigenvalue weighted by atomic mass is 32.2. The molecule has 0 saturated heterocycles. The van der Waals surface area contributed by atoms with Gasteiger partial charge in [0.2, 0.25) is 0 Å². The summed E-state index contributed by atoms with van der Waals surface area (Å²) in [5, 5.41) is 9.11. The third kappa shape index (κ3) is 3.73. The molecule has 2 aromatic carbocycles. The molecule has 128 valence electrons. The SMILES string of the molecule is Cc1cc(F)ccc1NS(=O)(=O)c1cc(C(=O)O)ccc1C(C)C. The van der Waals surface area contributed by atoms with Crippen molar-refractivity contribution in [2.75, 3.05) is 4.72 Å². The van der Waals surface area contributed by atoms with Gasteiger partial charge in [0.25, 0.3) is 10.0 Å². The lowest BCUT2D eigenvalue weighted by Crippen LogP contribution is -2.17. The lowest BCUT2D eigenvalue weighted by atomic mass is 10.0. The molecule has 0 aliphatic heterocycles. The smallest absolute Gasteiger partial charge is 0.335 e. The number of benzene rings is 2. The van der Waals surface area contributed by atoms with Crippen LogP contribution < -0.4 is 4.72 Å². The number of carboxylic acid groups (broad SMARTS) is 1. The second-order valence-electron chi connectivity index (χ2n) is 5.78. The number of hydrogen-bond acceptors (Lipinski definition) is 3. The van der Waals surface area contributed by atoms with E-state index in [-0.39, 0.29) is 22.1 Å². The molecule has 0 amide bonds. The first-order chi connectivity index (χ1) is 11.1. The Bertz CT molecular complexity index is 891. The molecule has 0 aliphatic carbocycles. The number of aromatic carboxylic acids is 1. The zero-order chi connectivity index (χ0) is 18.1. The highest BCUT2D eigenvalue weighted by Crippen LogP contribution is 2.28. The Hall–Kier alpha value is -2.41. The van der Waals surface area contributed by atoms with Gasteiger partial charge in [-0.25, -0.2) is 17.6 Å². The fourth-order valence-corrected chi connectivity index (χ4v) is 3.84. The molecule has 2 aromatic rings. The molecule has 2 rings (SSSR count). The van der Waals surface area contributed by atoms with Crippen LogP contribution in [0.25, 0.3) is 0 Å². The maximum Gasteiger partial charge on any atom is 0.335 e. The van der Waals surface area contributed by atoms with E-state index >= 15 is 0 Å². The van der Waals surface area contributed by atoms with Gasteiger partial charge >= 0.3 is 5.97 Å². The van der Waals surface area contributed by atoms with Crippen molar-refractivity contribution in [1.82, 2.24) is 0 Å². The third-order valence-corrected chi connectivity index (χ3v) is 5.03. The standard InChI is InChI=1S/C17H18FNO4S/c1-10(2)14-6-4-12(17(20)21)9-16(14)24(22,23)19-15-7-5-13(18)8-11(15)3/h4-10,19H,1-3H3,(H,20,21). The number of aryl methyl sites for hydroxylation is 1. The van der Waals surface area contributed by atoms with Crippen LogP contribution in [0.2, 0.25) is 0 Å². The molecule has 0 unspecified atom stereocenters. The number of anilines is 1. The third-order valence-electron chi connectivity index (χ3n) is 3.60. The molecule has 0 aliphatic rings. The van der Waals surface area contributed by atoms with Gasteiger partial charge in [0.1, 0.15) is 5.82 Å². The second-order valence-corrected chi connectivity index (χ2v) is 7.43. The highest BCUT2D eigenvalue weighted by molar-refractivity contribution is 7.92. The van der Waals surface area contributed by atoms with Gasteiger partial charge in [0.15, 0.2) is 0 Å². The van der Waals surface area contributed by atoms with Gasteiger partial charge in [0, 0.05) is 0 Å². The van der Waals surface area contributed by atoms with E-state index in [0.29, 0.717) is 11.1 Å². The molecular weight excluding hydrogens is 333 g/mol. The summed E-state index contributed by atoms with van der Waals surface area (Å²) in [6, 6.07) is 7.72. The molecule has 0 aromatic heterocycles. The van der Waals surface area contributed by atoms with Crippen molar-refractivity contribution in [3.63, 3.8) is 0 Å². The summed E-state index contributed by atoms with van der Waals surface area (Å²) in [6.07, 6.45) is 0. The predicted molar refractivity (Wildman–Crippen MR) is 89.4 cm³/mol. The van der Waals surface area contributed by atoms with Crippen LogP contribution in [-0.2, 0) is 10.0 Å². The zero-order valence-electron chi connectivity index (χ0n) is 13.5. The molecule has 5 nitrogen and oxygen atoms in total. The van der Waals surface area contributed by atoms with E-state index in [9.17, 15) is 17.6 Å². The molecule has 0 fully saturated rings. The minimum atomic E-state index is -4.02. The van der Waals surface area contributed by atoms with Crippen LogP contribution in [0.5, 0.6) is 0 Å². The van der Waals surface area contributed by atoms with E-state index < -0.39 is 21.8 Å². The van der Waals surface area contributed by atoms with Crippen molar-refractivity contribution in [2.24, 2.45) is 0 Å². The summed E-state index contributed by atoms with van der Waals surface area (Å²) in [5.41, 5.74) is 1.06. The van der Waals surface area contributed by atoms with Crippen molar-refractivity contribution in [3.05, 3.63) is 58.9 Å². The van der Waals surface area contributed by atoms with Crippen LogP contribution in [0.4, 0.5) is 10.1 Å². The zero-order valence-corrected chi connectivity index (χ0v) is 14.3. The van der Waals surface area contributed by atoms with Crippen LogP contribution in [0.3, 0.4) is 0 Å². The predicted octanol–water partition coefficient (Wildman–Crippen LogP) is 3.76. The first kappa shape index (κ1) is 17.9. The number of halogens is 1. The number of hydrogen-bond donors (Lipinski definition) is 2. The summed E-state index contributed by atoms with van der Waals surface area (Å²) in [5.74, 6) is -1.79. The average Bonchev–Trinajstić information content (AvgIpc) is 2.49. The van der Waals surface area contributed by atoms with Crippen LogP contribution in [0, 0.1) is 12.7 Å². The number of sulfonamides is 1. The van der Waals surface area contributed by atoms with Crippen molar-refractivity contribution in [3.8, 4) is 0 Å². The van der Waals surface area contributed by atoms with E-state index in [4.69, 9.17) is 5.11 Å². The lowest BCUT2D eigenvalue weighted by molar-refractivity contribution is 0.0696. The first-order valence-corrected chi connectivity index (χ1v) is 8.76. The highest BCUT2D eigenvalue weighted by Gasteiger charge is 2.23. The van der Waals surface area contributed by atoms with Crippen molar-refractivity contribution in [1.29, 1.82) is 0 Å². The first-order valence-electron chi connectivity index (χ1n) is 7.28. The Morgan fingerprint density at radius 1 is 1.17 bits per heavy atom. The average molecular weight is 351 g/mol. The fraction of sp³-hybridized carbons (Fsp3) is 0.235. The minimum absolute atomic E-state index is 0.0962. The van der Waals surface area contributed by atoms with Gasteiger partial charge in [-0.05, 0) is 54.3 Å². The van der Waals surface area contributed by atoms with E-state index in [0.717, 1.165) is 12.1 Å². The van der Waals surface area contributed by atoms with Crippen LogP contribution in [-0.4, -0.2) is 19.5 Å². The van der Waals surface area contributed by atoms with Gasteiger partial charge < -0.3 is 5.11 Å². The molecule has 0 saturated carbocycles. The molecule has 0 spiro atoms. The van der Waals surface area contributed by atoms with Gasteiger partial charge in [-0.1, -0.05) is 19.9 Å².